The van der Waals surface area contributed by atoms with Gasteiger partial charge in [-0.15, -0.1) is 0 Å². The third-order valence-electron chi connectivity index (χ3n) is 3.80. The van der Waals surface area contributed by atoms with E-state index in [2.05, 4.69) is 21.0 Å². The van der Waals surface area contributed by atoms with Gasteiger partial charge in [0.1, 0.15) is 0 Å². The van der Waals surface area contributed by atoms with Gasteiger partial charge in [0.05, 0.1) is 0 Å². The molecule has 0 saturated heterocycles. The number of carbonyl (C=O) groups excluding carboxylic acids is 1. The lowest BCUT2D eigenvalue weighted by atomic mass is 9.94. The molecule has 0 aliphatic heterocycles. The highest BCUT2D eigenvalue weighted by Gasteiger charge is 2.30. The Morgan fingerprint density at radius 1 is 1.50 bits per heavy atom. The molecule has 1 aromatic heterocycles. The van der Waals surface area contributed by atoms with Crippen molar-refractivity contribution in [1.29, 1.82) is 0 Å². The van der Waals surface area contributed by atoms with Crippen LogP contribution >= 0.6 is 15.9 Å². The van der Waals surface area contributed by atoms with Crippen LogP contribution in [0, 0.1) is 6.92 Å². The van der Waals surface area contributed by atoms with Gasteiger partial charge >= 0.3 is 0 Å². The monoisotopic (exact) mass is 313 g/mol. The summed E-state index contributed by atoms with van der Waals surface area (Å²) in [6.45, 7) is 1.96. The smallest absolute Gasteiger partial charge is 0.274 e. The van der Waals surface area contributed by atoms with Crippen molar-refractivity contribution in [3.63, 3.8) is 0 Å². The number of rotatable bonds is 2. The van der Waals surface area contributed by atoms with Crippen molar-refractivity contribution in [3.8, 4) is 0 Å². The van der Waals surface area contributed by atoms with Crippen LogP contribution in [-0.4, -0.2) is 38.5 Å². The van der Waals surface area contributed by atoms with Crippen molar-refractivity contribution in [2.24, 2.45) is 7.05 Å². The molecule has 1 fully saturated rings. The Labute approximate surface area is 116 Å². The highest BCUT2D eigenvalue weighted by atomic mass is 79.9. The number of hydrogen-bond donors (Lipinski definition) is 0. The molecule has 2 atom stereocenters. The van der Waals surface area contributed by atoms with E-state index < -0.39 is 0 Å². The van der Waals surface area contributed by atoms with Crippen LogP contribution < -0.4 is 0 Å². The van der Waals surface area contributed by atoms with Crippen molar-refractivity contribution in [3.05, 3.63) is 17.5 Å². The molecule has 2 rings (SSSR count). The topological polar surface area (TPSA) is 38.1 Å². The minimum Gasteiger partial charge on any atom is -0.336 e. The van der Waals surface area contributed by atoms with Crippen molar-refractivity contribution in [2.75, 3.05) is 7.05 Å². The second-order valence-corrected chi connectivity index (χ2v) is 6.25. The number of halogens is 1. The lowest BCUT2D eigenvalue weighted by Gasteiger charge is -2.34. The molecule has 1 aliphatic carbocycles. The SMILES string of the molecule is Cc1cc(C(=O)N(C)C2CCCCC2Br)nn1C. The molecule has 1 aromatic rings. The second kappa shape index (κ2) is 5.43. The van der Waals surface area contributed by atoms with E-state index in [4.69, 9.17) is 0 Å². The molecule has 0 bridgehead atoms. The van der Waals surface area contributed by atoms with E-state index in [-0.39, 0.29) is 11.9 Å². The first-order valence-electron chi connectivity index (χ1n) is 6.42. The predicted molar refractivity (Wildman–Crippen MR) is 75.0 cm³/mol. The molecular weight excluding hydrogens is 294 g/mol. The van der Waals surface area contributed by atoms with E-state index in [0.717, 1.165) is 18.5 Å². The van der Waals surface area contributed by atoms with Crippen LogP contribution in [0.4, 0.5) is 0 Å². The number of nitrogens with zero attached hydrogens (tertiary/aromatic N) is 3. The molecule has 100 valence electrons. The van der Waals surface area contributed by atoms with Crippen LogP contribution in [0.1, 0.15) is 41.9 Å². The van der Waals surface area contributed by atoms with Crippen LogP contribution in [0.15, 0.2) is 6.07 Å². The van der Waals surface area contributed by atoms with E-state index in [9.17, 15) is 4.79 Å². The third kappa shape index (κ3) is 2.60. The van der Waals surface area contributed by atoms with Gasteiger partial charge in [0, 0.05) is 30.7 Å². The van der Waals surface area contributed by atoms with E-state index in [1.54, 1.807) is 4.68 Å². The molecule has 4 nitrogen and oxygen atoms in total. The molecule has 1 heterocycles. The highest BCUT2D eigenvalue weighted by molar-refractivity contribution is 9.09. The van der Waals surface area contributed by atoms with E-state index >= 15 is 0 Å². The zero-order valence-electron chi connectivity index (χ0n) is 11.2. The van der Waals surface area contributed by atoms with Gasteiger partial charge in [-0.25, -0.2) is 0 Å². The van der Waals surface area contributed by atoms with Gasteiger partial charge in [0.15, 0.2) is 5.69 Å². The second-order valence-electron chi connectivity index (χ2n) is 5.08. The number of aryl methyl sites for hydroxylation is 2. The standard InChI is InChI=1S/C13H20BrN3O/c1-9-8-11(15-17(9)3)13(18)16(2)12-7-5-4-6-10(12)14/h8,10,12H,4-7H2,1-3H3. The summed E-state index contributed by atoms with van der Waals surface area (Å²) in [5.74, 6) is 0.0232. The fourth-order valence-corrected chi connectivity index (χ4v) is 3.44. The number of hydrogen-bond acceptors (Lipinski definition) is 2. The van der Waals surface area contributed by atoms with Gasteiger partial charge in [-0.05, 0) is 25.8 Å². The summed E-state index contributed by atoms with van der Waals surface area (Å²) >= 11 is 3.70. The third-order valence-corrected chi connectivity index (χ3v) is 4.87. The number of aromatic nitrogens is 2. The molecule has 1 saturated carbocycles. The maximum atomic E-state index is 12.4. The van der Waals surface area contributed by atoms with Crippen LogP contribution in [0.3, 0.4) is 0 Å². The first-order chi connectivity index (χ1) is 8.50. The van der Waals surface area contributed by atoms with Gasteiger partial charge in [0.2, 0.25) is 0 Å². The van der Waals surface area contributed by atoms with Crippen LogP contribution in [0.2, 0.25) is 0 Å². The quantitative estimate of drug-likeness (QED) is 0.787. The molecule has 0 spiro atoms. The van der Waals surface area contributed by atoms with Crippen LogP contribution in [0.25, 0.3) is 0 Å². The minimum absolute atomic E-state index is 0.0232. The Kier molecular flexibility index (Phi) is 4.10. The van der Waals surface area contributed by atoms with Crippen molar-refractivity contribution in [2.45, 2.75) is 43.5 Å². The zero-order chi connectivity index (χ0) is 13.3. The maximum absolute atomic E-state index is 12.4. The summed E-state index contributed by atoms with van der Waals surface area (Å²) in [4.78, 5) is 14.6. The molecule has 0 radical (unpaired) electrons. The summed E-state index contributed by atoms with van der Waals surface area (Å²) in [5, 5.41) is 4.26. The molecule has 0 N–H and O–H groups in total. The Balaban J connectivity index is 2.12. The summed E-state index contributed by atoms with van der Waals surface area (Å²) in [6.07, 6.45) is 4.66. The Hall–Kier alpha value is -0.840. The molecule has 18 heavy (non-hydrogen) atoms. The largest absolute Gasteiger partial charge is 0.336 e. The number of amides is 1. The fraction of sp³-hybridized carbons (Fsp3) is 0.692. The Morgan fingerprint density at radius 2 is 2.17 bits per heavy atom. The maximum Gasteiger partial charge on any atom is 0.274 e. The molecule has 1 aliphatic rings. The molecule has 5 heteroatoms. The Morgan fingerprint density at radius 3 is 2.72 bits per heavy atom. The van der Waals surface area contributed by atoms with Crippen LogP contribution in [-0.2, 0) is 7.05 Å². The van der Waals surface area contributed by atoms with Gasteiger partial charge < -0.3 is 4.90 Å². The highest BCUT2D eigenvalue weighted by Crippen LogP contribution is 2.28. The number of carbonyl (C=O) groups is 1. The van der Waals surface area contributed by atoms with E-state index in [1.165, 1.54) is 12.8 Å². The van der Waals surface area contributed by atoms with Crippen molar-refractivity contribution < 1.29 is 4.79 Å². The van der Waals surface area contributed by atoms with Gasteiger partial charge in [-0.2, -0.15) is 5.10 Å². The first kappa shape index (κ1) is 13.6. The fourth-order valence-electron chi connectivity index (χ4n) is 2.50. The molecular formula is C13H20BrN3O. The first-order valence-corrected chi connectivity index (χ1v) is 7.34. The predicted octanol–water partition coefficient (Wildman–Crippen LogP) is 2.51. The van der Waals surface area contributed by atoms with Crippen molar-refractivity contribution >= 4 is 21.8 Å². The molecule has 2 unspecified atom stereocenters. The summed E-state index contributed by atoms with van der Waals surface area (Å²) in [6, 6.07) is 2.14. The molecule has 0 aromatic carbocycles. The lowest BCUT2D eigenvalue weighted by Crippen LogP contribution is -2.44. The van der Waals surface area contributed by atoms with E-state index in [1.807, 2.05) is 32.0 Å². The van der Waals surface area contributed by atoms with Gasteiger partial charge in [0.25, 0.3) is 5.91 Å². The van der Waals surface area contributed by atoms with E-state index in [0.29, 0.717) is 10.5 Å². The lowest BCUT2D eigenvalue weighted by molar-refractivity contribution is 0.0698. The molecule has 1 amide bonds. The Bertz CT molecular complexity index is 424. The minimum atomic E-state index is 0.0232. The average molecular weight is 314 g/mol. The summed E-state index contributed by atoms with van der Waals surface area (Å²) in [7, 11) is 3.75. The summed E-state index contributed by atoms with van der Waals surface area (Å²) < 4.78 is 1.74. The number of alkyl halides is 1. The van der Waals surface area contributed by atoms with Gasteiger partial charge in [-0.1, -0.05) is 28.8 Å². The summed E-state index contributed by atoms with van der Waals surface area (Å²) in [5.41, 5.74) is 1.55. The van der Waals surface area contributed by atoms with Crippen LogP contribution in [0.5, 0.6) is 0 Å². The normalized spacial score (nSPS) is 24.0. The zero-order valence-corrected chi connectivity index (χ0v) is 12.8. The van der Waals surface area contributed by atoms with Crippen molar-refractivity contribution in [1.82, 2.24) is 14.7 Å². The average Bonchev–Trinajstić information content (AvgIpc) is 2.68. The van der Waals surface area contributed by atoms with Gasteiger partial charge in [-0.3, -0.25) is 9.48 Å².